The normalized spacial score (nSPS) is 37.8. The summed E-state index contributed by atoms with van der Waals surface area (Å²) in [7, 11) is 0. The topological polar surface area (TPSA) is 0 Å². The van der Waals surface area contributed by atoms with Gasteiger partial charge >= 0.3 is 0 Å². The smallest absolute Gasteiger partial charge is 0.0412 e. The molecule has 0 radical (unpaired) electrons. The third kappa shape index (κ3) is 1.23. The number of terminal acetylenes is 1. The molecule has 76 valence electrons. The van der Waals surface area contributed by atoms with Gasteiger partial charge in [0, 0.05) is 11.3 Å². The molecular formula is C15H16. The molecule has 2 aliphatic carbocycles. The predicted molar refractivity (Wildman–Crippen MR) is 62.4 cm³/mol. The monoisotopic (exact) mass is 196 g/mol. The first-order chi connectivity index (χ1) is 7.37. The lowest BCUT2D eigenvalue weighted by atomic mass is 9.75. The van der Waals surface area contributed by atoms with Crippen LogP contribution in [0.4, 0.5) is 0 Å². The molecule has 15 heavy (non-hydrogen) atoms. The first-order valence-electron chi connectivity index (χ1n) is 5.89. The lowest BCUT2D eigenvalue weighted by Gasteiger charge is -2.28. The van der Waals surface area contributed by atoms with Gasteiger partial charge in [-0.2, -0.15) is 0 Å². The van der Waals surface area contributed by atoms with E-state index in [4.69, 9.17) is 6.42 Å². The summed E-state index contributed by atoms with van der Waals surface area (Å²) in [5, 5.41) is 0. The minimum Gasteiger partial charge on any atom is -0.119 e. The lowest BCUT2D eigenvalue weighted by Crippen LogP contribution is -2.18. The van der Waals surface area contributed by atoms with E-state index in [2.05, 4.69) is 36.3 Å². The van der Waals surface area contributed by atoms with Crippen molar-refractivity contribution in [2.24, 2.45) is 11.3 Å². The zero-order chi connectivity index (χ0) is 10.3. The van der Waals surface area contributed by atoms with Gasteiger partial charge in [-0.3, -0.25) is 0 Å². The van der Waals surface area contributed by atoms with E-state index in [1.54, 1.807) is 0 Å². The van der Waals surface area contributed by atoms with Gasteiger partial charge in [0.25, 0.3) is 0 Å². The Morgan fingerprint density at radius 2 is 2.00 bits per heavy atom. The van der Waals surface area contributed by atoms with Crippen molar-refractivity contribution in [2.45, 2.75) is 31.6 Å². The van der Waals surface area contributed by atoms with E-state index in [9.17, 15) is 0 Å². The lowest BCUT2D eigenvalue weighted by molar-refractivity contribution is 0.356. The molecule has 3 rings (SSSR count). The van der Waals surface area contributed by atoms with Crippen molar-refractivity contribution in [1.29, 1.82) is 0 Å². The van der Waals surface area contributed by atoms with Crippen molar-refractivity contribution in [3.8, 4) is 12.3 Å². The second-order valence-corrected chi connectivity index (χ2v) is 4.98. The molecule has 3 atom stereocenters. The van der Waals surface area contributed by atoms with Crippen LogP contribution in [-0.4, -0.2) is 0 Å². The Bertz CT molecular complexity index is 398. The summed E-state index contributed by atoms with van der Waals surface area (Å²) in [6.07, 6.45) is 11.0. The molecule has 0 nitrogen and oxygen atoms in total. The zero-order valence-corrected chi connectivity index (χ0v) is 8.95. The molecule has 3 unspecified atom stereocenters. The van der Waals surface area contributed by atoms with Crippen LogP contribution in [0.3, 0.4) is 0 Å². The van der Waals surface area contributed by atoms with Crippen LogP contribution in [0.1, 0.15) is 37.2 Å². The Kier molecular flexibility index (Phi) is 1.89. The van der Waals surface area contributed by atoms with Gasteiger partial charge in [-0.15, -0.1) is 6.42 Å². The van der Waals surface area contributed by atoms with Crippen LogP contribution in [0, 0.1) is 23.7 Å². The van der Waals surface area contributed by atoms with Gasteiger partial charge in [-0.1, -0.05) is 42.7 Å². The third-order valence-electron chi connectivity index (χ3n) is 4.29. The quantitative estimate of drug-likeness (QED) is 0.602. The fourth-order valence-electron chi connectivity index (χ4n) is 3.39. The molecule has 0 aromatic heterocycles. The number of hydrogen-bond acceptors (Lipinski definition) is 0. The van der Waals surface area contributed by atoms with Gasteiger partial charge in [0.2, 0.25) is 0 Å². The summed E-state index contributed by atoms with van der Waals surface area (Å²) in [4.78, 5) is 0. The Labute approximate surface area is 91.7 Å². The number of benzene rings is 1. The maximum Gasteiger partial charge on any atom is 0.0412 e. The van der Waals surface area contributed by atoms with Gasteiger partial charge in [-0.05, 0) is 30.7 Å². The van der Waals surface area contributed by atoms with Gasteiger partial charge in [0.05, 0.1) is 0 Å². The van der Waals surface area contributed by atoms with E-state index < -0.39 is 0 Å². The second-order valence-electron chi connectivity index (χ2n) is 4.98. The van der Waals surface area contributed by atoms with Gasteiger partial charge in [0.1, 0.15) is 0 Å². The van der Waals surface area contributed by atoms with E-state index in [0.29, 0.717) is 5.92 Å². The summed E-state index contributed by atoms with van der Waals surface area (Å²) in [6.45, 7) is 0. The summed E-state index contributed by atoms with van der Waals surface area (Å²) in [5.41, 5.74) is 1.69. The molecule has 0 saturated heterocycles. The highest BCUT2D eigenvalue weighted by Gasteiger charge is 2.59. The molecule has 0 bridgehead atoms. The average Bonchev–Trinajstić information content (AvgIpc) is 3.04. The van der Waals surface area contributed by atoms with E-state index >= 15 is 0 Å². The minimum atomic E-state index is 0.236. The number of hydrogen-bond donors (Lipinski definition) is 0. The van der Waals surface area contributed by atoms with E-state index in [0.717, 1.165) is 5.92 Å². The molecule has 2 fully saturated rings. The van der Waals surface area contributed by atoms with E-state index in [1.807, 2.05) is 0 Å². The molecule has 2 saturated carbocycles. The third-order valence-corrected chi connectivity index (χ3v) is 4.29. The highest BCUT2D eigenvalue weighted by Crippen LogP contribution is 2.66. The van der Waals surface area contributed by atoms with Crippen LogP contribution >= 0.6 is 0 Å². The molecule has 0 N–H and O–H groups in total. The number of fused-ring (bicyclic) bond motifs is 1. The molecule has 0 spiro atoms. The number of rotatable bonds is 1. The maximum absolute atomic E-state index is 5.76. The highest BCUT2D eigenvalue weighted by atomic mass is 14.6. The molecule has 0 heteroatoms. The Balaban J connectivity index is 1.96. The molecular weight excluding hydrogens is 180 g/mol. The second kappa shape index (κ2) is 3.14. The van der Waals surface area contributed by atoms with Gasteiger partial charge in [-0.25, -0.2) is 0 Å². The standard InChI is InChI=1S/C15H16/c1-2-15-11-13(15)9-6-10-14(15)12-7-4-3-5-8-12/h1,3-5,7-8,13-14H,6,9-11H2. The van der Waals surface area contributed by atoms with Crippen molar-refractivity contribution in [3.05, 3.63) is 35.9 Å². The van der Waals surface area contributed by atoms with Crippen LogP contribution < -0.4 is 0 Å². The molecule has 0 amide bonds. The first kappa shape index (κ1) is 9.04. The predicted octanol–water partition coefficient (Wildman–Crippen LogP) is 3.59. The van der Waals surface area contributed by atoms with Crippen molar-refractivity contribution < 1.29 is 0 Å². The van der Waals surface area contributed by atoms with Crippen molar-refractivity contribution in [2.75, 3.05) is 0 Å². The van der Waals surface area contributed by atoms with E-state index in [-0.39, 0.29) is 5.41 Å². The van der Waals surface area contributed by atoms with Crippen LogP contribution in [0.5, 0.6) is 0 Å². The Morgan fingerprint density at radius 3 is 2.73 bits per heavy atom. The van der Waals surface area contributed by atoms with Crippen molar-refractivity contribution in [3.63, 3.8) is 0 Å². The fourth-order valence-corrected chi connectivity index (χ4v) is 3.39. The summed E-state index contributed by atoms with van der Waals surface area (Å²) >= 11 is 0. The maximum atomic E-state index is 5.76. The molecule has 1 aromatic carbocycles. The SMILES string of the molecule is C#CC12CC1CCCC2c1ccccc1. The Morgan fingerprint density at radius 1 is 1.20 bits per heavy atom. The molecule has 2 aliphatic rings. The summed E-state index contributed by atoms with van der Waals surface area (Å²) < 4.78 is 0. The van der Waals surface area contributed by atoms with Crippen LogP contribution in [0.2, 0.25) is 0 Å². The minimum absolute atomic E-state index is 0.236. The highest BCUT2D eigenvalue weighted by molar-refractivity contribution is 5.34. The van der Waals surface area contributed by atoms with E-state index in [1.165, 1.54) is 31.2 Å². The van der Waals surface area contributed by atoms with Crippen LogP contribution in [0.25, 0.3) is 0 Å². The van der Waals surface area contributed by atoms with Crippen molar-refractivity contribution >= 4 is 0 Å². The largest absolute Gasteiger partial charge is 0.119 e. The summed E-state index contributed by atoms with van der Waals surface area (Å²) in [5.74, 6) is 4.55. The van der Waals surface area contributed by atoms with Crippen molar-refractivity contribution in [1.82, 2.24) is 0 Å². The molecule has 0 aliphatic heterocycles. The van der Waals surface area contributed by atoms with Gasteiger partial charge < -0.3 is 0 Å². The molecule has 1 aromatic rings. The van der Waals surface area contributed by atoms with Crippen LogP contribution in [-0.2, 0) is 0 Å². The Hall–Kier alpha value is -1.22. The van der Waals surface area contributed by atoms with Gasteiger partial charge in [0.15, 0.2) is 0 Å². The summed E-state index contributed by atoms with van der Waals surface area (Å²) in [6, 6.07) is 10.8. The zero-order valence-electron chi connectivity index (χ0n) is 8.95. The molecule has 0 heterocycles. The van der Waals surface area contributed by atoms with Crippen LogP contribution in [0.15, 0.2) is 30.3 Å². The fraction of sp³-hybridized carbons (Fsp3) is 0.467. The average molecular weight is 196 g/mol. The first-order valence-corrected chi connectivity index (χ1v) is 5.89.